The molecule has 2 aromatic heterocycles. The Balaban J connectivity index is 1.84. The van der Waals surface area contributed by atoms with E-state index >= 15 is 0 Å². The normalized spacial score (nSPS) is 20.7. The Labute approximate surface area is 146 Å². The van der Waals surface area contributed by atoms with Crippen molar-refractivity contribution < 1.29 is 9.90 Å². The molecule has 128 valence electrons. The predicted octanol–water partition coefficient (Wildman–Crippen LogP) is 4.47. The molecule has 1 aromatic carbocycles. The van der Waals surface area contributed by atoms with Gasteiger partial charge in [0, 0.05) is 34.6 Å². The van der Waals surface area contributed by atoms with Gasteiger partial charge in [-0.1, -0.05) is 25.8 Å². The Kier molecular flexibility index (Phi) is 3.99. The fourth-order valence-corrected chi connectivity index (χ4v) is 3.85. The number of fused-ring (bicyclic) bond motifs is 3. The first-order valence-electron chi connectivity index (χ1n) is 8.79. The van der Waals surface area contributed by atoms with E-state index in [1.165, 1.54) is 12.8 Å². The van der Waals surface area contributed by atoms with Crippen molar-refractivity contribution in [3.05, 3.63) is 42.2 Å². The number of hydrogen-bond donors (Lipinski definition) is 2. The highest BCUT2D eigenvalue weighted by molar-refractivity contribution is 6.10. The highest BCUT2D eigenvalue weighted by Crippen LogP contribution is 2.32. The average molecular weight is 335 g/mol. The fraction of sp³-hybridized carbons (Fsp3) is 0.350. The summed E-state index contributed by atoms with van der Waals surface area (Å²) < 4.78 is 0. The summed E-state index contributed by atoms with van der Waals surface area (Å²) in [6.45, 7) is 2.29. The standard InChI is InChI=1S/C20H21N3O2/c1-12-3-2-4-14(9-12)22-19-16-7-8-21-11-17(16)15-6-5-13(20(24)25)10-18(15)23-19/h5-8,10-12,14H,2-4,9H2,1H3,(H,22,23)(H,24,25)/t12-,14+/m0/s1. The van der Waals surface area contributed by atoms with Crippen molar-refractivity contribution in [1.29, 1.82) is 0 Å². The van der Waals surface area contributed by atoms with Crippen LogP contribution in [0.2, 0.25) is 0 Å². The summed E-state index contributed by atoms with van der Waals surface area (Å²) in [6, 6.07) is 7.46. The van der Waals surface area contributed by atoms with Crippen LogP contribution in [0, 0.1) is 5.92 Å². The fourth-order valence-electron chi connectivity index (χ4n) is 3.85. The molecule has 1 fully saturated rings. The lowest BCUT2D eigenvalue weighted by atomic mass is 9.87. The summed E-state index contributed by atoms with van der Waals surface area (Å²) in [7, 11) is 0. The Morgan fingerprint density at radius 3 is 2.88 bits per heavy atom. The first kappa shape index (κ1) is 15.8. The van der Waals surface area contributed by atoms with Crippen molar-refractivity contribution in [3.63, 3.8) is 0 Å². The molecule has 0 spiro atoms. The van der Waals surface area contributed by atoms with Crippen molar-refractivity contribution in [2.45, 2.75) is 38.6 Å². The van der Waals surface area contributed by atoms with Gasteiger partial charge in [0.1, 0.15) is 5.82 Å². The minimum absolute atomic E-state index is 0.250. The van der Waals surface area contributed by atoms with Crippen molar-refractivity contribution in [1.82, 2.24) is 9.97 Å². The van der Waals surface area contributed by atoms with Gasteiger partial charge in [-0.2, -0.15) is 0 Å². The first-order valence-corrected chi connectivity index (χ1v) is 8.79. The highest BCUT2D eigenvalue weighted by Gasteiger charge is 2.20. The number of rotatable bonds is 3. The predicted molar refractivity (Wildman–Crippen MR) is 99.0 cm³/mol. The number of benzene rings is 1. The Bertz CT molecular complexity index is 954. The third kappa shape index (κ3) is 3.02. The van der Waals surface area contributed by atoms with Gasteiger partial charge < -0.3 is 10.4 Å². The molecule has 2 heterocycles. The molecule has 0 radical (unpaired) electrons. The van der Waals surface area contributed by atoms with Gasteiger partial charge in [-0.3, -0.25) is 4.98 Å². The number of pyridine rings is 2. The van der Waals surface area contributed by atoms with E-state index in [0.29, 0.717) is 11.6 Å². The summed E-state index contributed by atoms with van der Waals surface area (Å²) in [6.07, 6.45) is 8.41. The molecule has 0 bridgehead atoms. The number of nitrogens with zero attached hydrogens (tertiary/aromatic N) is 2. The molecule has 0 unspecified atom stereocenters. The van der Waals surface area contributed by atoms with Gasteiger partial charge in [-0.25, -0.2) is 9.78 Å². The molecule has 0 amide bonds. The largest absolute Gasteiger partial charge is 0.478 e. The summed E-state index contributed by atoms with van der Waals surface area (Å²) in [5.74, 6) is 0.607. The first-order chi connectivity index (χ1) is 12.1. The minimum atomic E-state index is -0.939. The van der Waals surface area contributed by atoms with Gasteiger partial charge >= 0.3 is 5.97 Å². The molecule has 1 aliphatic rings. The lowest BCUT2D eigenvalue weighted by Gasteiger charge is -2.28. The second-order valence-electron chi connectivity index (χ2n) is 7.03. The summed E-state index contributed by atoms with van der Waals surface area (Å²) >= 11 is 0. The number of aromatic nitrogens is 2. The number of nitrogens with one attached hydrogen (secondary N) is 1. The SMILES string of the molecule is C[C@H]1CCC[C@@H](Nc2nc3cc(C(=O)O)ccc3c3cnccc23)C1. The zero-order valence-electron chi connectivity index (χ0n) is 14.2. The Hall–Kier alpha value is -2.69. The van der Waals surface area contributed by atoms with Crippen LogP contribution in [0.3, 0.4) is 0 Å². The van der Waals surface area contributed by atoms with E-state index in [0.717, 1.165) is 40.7 Å². The molecule has 2 atom stereocenters. The summed E-state index contributed by atoms with van der Waals surface area (Å²) in [4.78, 5) is 20.3. The van der Waals surface area contributed by atoms with E-state index in [-0.39, 0.29) is 5.56 Å². The van der Waals surface area contributed by atoms with E-state index in [1.807, 2.05) is 18.3 Å². The lowest BCUT2D eigenvalue weighted by molar-refractivity contribution is 0.0697. The van der Waals surface area contributed by atoms with Gasteiger partial charge in [0.05, 0.1) is 11.1 Å². The highest BCUT2D eigenvalue weighted by atomic mass is 16.4. The van der Waals surface area contributed by atoms with Crippen molar-refractivity contribution in [2.24, 2.45) is 5.92 Å². The van der Waals surface area contributed by atoms with Gasteiger partial charge in [0.25, 0.3) is 0 Å². The summed E-state index contributed by atoms with van der Waals surface area (Å²) in [5, 5.41) is 15.8. The Morgan fingerprint density at radius 1 is 1.20 bits per heavy atom. The lowest BCUT2D eigenvalue weighted by Crippen LogP contribution is -2.26. The van der Waals surface area contributed by atoms with Crippen LogP contribution in [0.4, 0.5) is 5.82 Å². The van der Waals surface area contributed by atoms with Crippen LogP contribution in [-0.2, 0) is 0 Å². The second kappa shape index (κ2) is 6.31. The number of carbonyl (C=O) groups is 1. The number of anilines is 1. The number of hydrogen-bond acceptors (Lipinski definition) is 4. The molecule has 4 rings (SSSR count). The third-order valence-corrected chi connectivity index (χ3v) is 5.12. The van der Waals surface area contributed by atoms with E-state index in [2.05, 4.69) is 17.2 Å². The zero-order valence-corrected chi connectivity index (χ0v) is 14.2. The quantitative estimate of drug-likeness (QED) is 0.691. The maximum Gasteiger partial charge on any atom is 0.335 e. The van der Waals surface area contributed by atoms with E-state index < -0.39 is 5.97 Å². The van der Waals surface area contributed by atoms with Gasteiger partial charge in [-0.05, 0) is 37.0 Å². The monoisotopic (exact) mass is 335 g/mol. The number of aromatic carboxylic acids is 1. The van der Waals surface area contributed by atoms with Crippen LogP contribution in [-0.4, -0.2) is 27.1 Å². The molecule has 5 heteroatoms. The molecular weight excluding hydrogens is 314 g/mol. The van der Waals surface area contributed by atoms with Crippen LogP contribution in [0.1, 0.15) is 43.0 Å². The average Bonchev–Trinajstić information content (AvgIpc) is 2.61. The maximum atomic E-state index is 11.3. The molecule has 0 saturated heterocycles. The van der Waals surface area contributed by atoms with E-state index in [9.17, 15) is 9.90 Å². The molecule has 25 heavy (non-hydrogen) atoms. The topological polar surface area (TPSA) is 75.1 Å². The van der Waals surface area contributed by atoms with Crippen LogP contribution in [0.15, 0.2) is 36.7 Å². The molecule has 2 N–H and O–H groups in total. The number of carboxylic acid groups (broad SMARTS) is 1. The van der Waals surface area contributed by atoms with Gasteiger partial charge in [0.15, 0.2) is 0 Å². The van der Waals surface area contributed by atoms with Crippen LogP contribution >= 0.6 is 0 Å². The van der Waals surface area contributed by atoms with E-state index in [1.54, 1.807) is 18.3 Å². The number of carboxylic acids is 1. The maximum absolute atomic E-state index is 11.3. The van der Waals surface area contributed by atoms with Crippen molar-refractivity contribution in [3.8, 4) is 0 Å². The second-order valence-corrected chi connectivity index (χ2v) is 7.03. The minimum Gasteiger partial charge on any atom is -0.478 e. The van der Waals surface area contributed by atoms with Crippen LogP contribution in [0.25, 0.3) is 21.7 Å². The van der Waals surface area contributed by atoms with Crippen LogP contribution in [0.5, 0.6) is 0 Å². The third-order valence-electron chi connectivity index (χ3n) is 5.12. The molecule has 5 nitrogen and oxygen atoms in total. The van der Waals surface area contributed by atoms with Gasteiger partial charge in [0.2, 0.25) is 0 Å². The van der Waals surface area contributed by atoms with Crippen molar-refractivity contribution >= 4 is 33.5 Å². The zero-order chi connectivity index (χ0) is 17.4. The smallest absolute Gasteiger partial charge is 0.335 e. The summed E-state index contributed by atoms with van der Waals surface area (Å²) in [5.41, 5.74) is 0.937. The van der Waals surface area contributed by atoms with Crippen molar-refractivity contribution in [2.75, 3.05) is 5.32 Å². The molecular formula is C20H21N3O2. The van der Waals surface area contributed by atoms with Crippen LogP contribution < -0.4 is 5.32 Å². The van der Waals surface area contributed by atoms with Gasteiger partial charge in [-0.15, -0.1) is 0 Å². The van der Waals surface area contributed by atoms with E-state index in [4.69, 9.17) is 4.98 Å². The molecule has 3 aromatic rings. The Morgan fingerprint density at radius 2 is 2.08 bits per heavy atom. The molecule has 1 saturated carbocycles. The molecule has 1 aliphatic carbocycles. The molecule has 0 aliphatic heterocycles.